The van der Waals surface area contributed by atoms with E-state index in [-0.39, 0.29) is 11.9 Å². The average molecular weight is 310 g/mol. The molecule has 1 saturated carbocycles. The standard InChI is InChI=1S/C15H22N2O3S/c1-12(15(18)16-13-8-6-7-9-13)17(21(2,19)20)14-10-4-3-5-11-14/h3-5,10-13H,6-9H2,1-2H3,(H,16,18)/t12-/m0/s1. The summed E-state index contributed by atoms with van der Waals surface area (Å²) in [7, 11) is -3.52. The fourth-order valence-electron chi connectivity index (χ4n) is 2.78. The number of hydrogen-bond donors (Lipinski definition) is 1. The highest BCUT2D eigenvalue weighted by Gasteiger charge is 2.30. The summed E-state index contributed by atoms with van der Waals surface area (Å²) < 4.78 is 25.3. The highest BCUT2D eigenvalue weighted by molar-refractivity contribution is 7.92. The number of benzene rings is 1. The Morgan fingerprint density at radius 1 is 1.24 bits per heavy atom. The maximum absolute atomic E-state index is 12.3. The Hall–Kier alpha value is -1.56. The van der Waals surface area contributed by atoms with E-state index in [0.29, 0.717) is 5.69 Å². The van der Waals surface area contributed by atoms with E-state index in [2.05, 4.69) is 5.32 Å². The minimum Gasteiger partial charge on any atom is -0.352 e. The van der Waals surface area contributed by atoms with Gasteiger partial charge in [-0.05, 0) is 31.9 Å². The second-order valence-corrected chi connectivity index (χ2v) is 7.42. The van der Waals surface area contributed by atoms with Crippen LogP contribution in [0.5, 0.6) is 0 Å². The molecule has 1 aliphatic carbocycles. The van der Waals surface area contributed by atoms with Gasteiger partial charge in [0.25, 0.3) is 0 Å². The Bertz CT molecular complexity index is 580. The Labute approximate surface area is 126 Å². The smallest absolute Gasteiger partial charge is 0.243 e. The van der Waals surface area contributed by atoms with Crippen LogP contribution in [0.15, 0.2) is 30.3 Å². The molecule has 1 amide bonds. The van der Waals surface area contributed by atoms with Crippen molar-refractivity contribution in [2.24, 2.45) is 0 Å². The number of hydrogen-bond acceptors (Lipinski definition) is 3. The van der Waals surface area contributed by atoms with Gasteiger partial charge in [0.2, 0.25) is 15.9 Å². The molecular formula is C15H22N2O3S. The highest BCUT2D eigenvalue weighted by atomic mass is 32.2. The molecule has 21 heavy (non-hydrogen) atoms. The molecule has 0 radical (unpaired) electrons. The summed E-state index contributed by atoms with van der Waals surface area (Å²) in [6.45, 7) is 1.62. The van der Waals surface area contributed by atoms with Gasteiger partial charge in [0.05, 0.1) is 11.9 Å². The van der Waals surface area contributed by atoms with Gasteiger partial charge in [0.15, 0.2) is 0 Å². The molecule has 0 aromatic heterocycles. The van der Waals surface area contributed by atoms with Gasteiger partial charge in [-0.25, -0.2) is 8.42 Å². The quantitative estimate of drug-likeness (QED) is 0.903. The van der Waals surface area contributed by atoms with E-state index in [0.717, 1.165) is 31.9 Å². The molecule has 0 saturated heterocycles. The number of nitrogens with zero attached hydrogens (tertiary/aromatic N) is 1. The first-order valence-electron chi connectivity index (χ1n) is 7.24. The topological polar surface area (TPSA) is 66.5 Å². The van der Waals surface area contributed by atoms with E-state index in [1.165, 1.54) is 4.31 Å². The Kier molecular flexibility index (Phi) is 4.88. The lowest BCUT2D eigenvalue weighted by molar-refractivity contribution is -0.122. The highest BCUT2D eigenvalue weighted by Crippen LogP contribution is 2.22. The Balaban J connectivity index is 2.18. The summed E-state index contributed by atoms with van der Waals surface area (Å²) in [5.74, 6) is -0.240. The number of amides is 1. The second kappa shape index (κ2) is 6.47. The van der Waals surface area contributed by atoms with Crippen LogP contribution in [0.3, 0.4) is 0 Å². The molecule has 0 bridgehead atoms. The van der Waals surface area contributed by atoms with Gasteiger partial charge in [-0.3, -0.25) is 9.10 Å². The average Bonchev–Trinajstić information content (AvgIpc) is 2.91. The fraction of sp³-hybridized carbons (Fsp3) is 0.533. The zero-order valence-electron chi connectivity index (χ0n) is 12.5. The summed E-state index contributed by atoms with van der Waals surface area (Å²) in [6.07, 6.45) is 5.31. The normalized spacial score (nSPS) is 17.4. The first kappa shape index (κ1) is 15.8. The van der Waals surface area contributed by atoms with E-state index < -0.39 is 16.1 Å². The molecule has 0 aliphatic heterocycles. The number of para-hydroxylation sites is 1. The van der Waals surface area contributed by atoms with Crippen molar-refractivity contribution in [1.29, 1.82) is 0 Å². The van der Waals surface area contributed by atoms with Gasteiger partial charge >= 0.3 is 0 Å². The molecule has 1 aromatic carbocycles. The van der Waals surface area contributed by atoms with Crippen LogP contribution in [0.25, 0.3) is 0 Å². The van der Waals surface area contributed by atoms with E-state index in [9.17, 15) is 13.2 Å². The maximum Gasteiger partial charge on any atom is 0.243 e. The SMILES string of the molecule is C[C@@H](C(=O)NC1CCCC1)N(c1ccccc1)S(C)(=O)=O. The maximum atomic E-state index is 12.3. The largest absolute Gasteiger partial charge is 0.352 e. The van der Waals surface area contributed by atoms with Crippen LogP contribution in [-0.2, 0) is 14.8 Å². The fourth-order valence-corrected chi connectivity index (χ4v) is 3.95. The van der Waals surface area contributed by atoms with Gasteiger partial charge in [0.1, 0.15) is 6.04 Å². The summed E-state index contributed by atoms with van der Waals surface area (Å²) in [5, 5.41) is 2.96. The molecule has 1 atom stereocenters. The minimum absolute atomic E-state index is 0.178. The van der Waals surface area contributed by atoms with Crippen LogP contribution >= 0.6 is 0 Å². The molecular weight excluding hydrogens is 288 g/mol. The molecule has 116 valence electrons. The summed E-state index contributed by atoms with van der Waals surface area (Å²) in [4.78, 5) is 12.3. The lowest BCUT2D eigenvalue weighted by Gasteiger charge is -2.29. The molecule has 1 fully saturated rings. The van der Waals surface area contributed by atoms with Crippen LogP contribution in [0, 0.1) is 0 Å². The number of carbonyl (C=O) groups excluding carboxylic acids is 1. The van der Waals surface area contributed by atoms with Crippen molar-refractivity contribution in [2.75, 3.05) is 10.6 Å². The zero-order chi connectivity index (χ0) is 15.5. The first-order valence-corrected chi connectivity index (χ1v) is 9.09. The van der Waals surface area contributed by atoms with Crippen molar-refractivity contribution in [3.8, 4) is 0 Å². The molecule has 0 spiro atoms. The number of nitrogens with one attached hydrogen (secondary N) is 1. The molecule has 6 heteroatoms. The molecule has 5 nitrogen and oxygen atoms in total. The molecule has 1 N–H and O–H groups in total. The van der Waals surface area contributed by atoms with E-state index in [1.807, 2.05) is 6.07 Å². The summed E-state index contributed by atoms with van der Waals surface area (Å²) in [6, 6.07) is 8.14. The van der Waals surface area contributed by atoms with Crippen molar-refractivity contribution in [2.45, 2.75) is 44.7 Å². The number of rotatable bonds is 5. The van der Waals surface area contributed by atoms with Crippen molar-refractivity contribution in [3.63, 3.8) is 0 Å². The van der Waals surface area contributed by atoms with Gasteiger partial charge in [0, 0.05) is 6.04 Å². The van der Waals surface area contributed by atoms with Crippen LogP contribution < -0.4 is 9.62 Å². The van der Waals surface area contributed by atoms with E-state index >= 15 is 0 Å². The van der Waals surface area contributed by atoms with Crippen LogP contribution in [0.2, 0.25) is 0 Å². The molecule has 0 heterocycles. The zero-order valence-corrected chi connectivity index (χ0v) is 13.3. The van der Waals surface area contributed by atoms with Crippen molar-refractivity contribution < 1.29 is 13.2 Å². The Morgan fingerprint density at radius 2 is 1.81 bits per heavy atom. The summed E-state index contributed by atoms with van der Waals surface area (Å²) >= 11 is 0. The van der Waals surface area contributed by atoms with Crippen molar-refractivity contribution >= 4 is 21.6 Å². The third-order valence-electron chi connectivity index (χ3n) is 3.80. The van der Waals surface area contributed by atoms with Crippen LogP contribution in [0.1, 0.15) is 32.6 Å². The second-order valence-electron chi connectivity index (χ2n) is 5.56. The number of carbonyl (C=O) groups is 1. The Morgan fingerprint density at radius 3 is 2.33 bits per heavy atom. The predicted molar refractivity (Wildman–Crippen MR) is 83.6 cm³/mol. The molecule has 0 unspecified atom stereocenters. The number of anilines is 1. The van der Waals surface area contributed by atoms with E-state index in [4.69, 9.17) is 0 Å². The molecule has 1 aliphatic rings. The molecule has 1 aromatic rings. The monoisotopic (exact) mass is 310 g/mol. The van der Waals surface area contributed by atoms with Gasteiger partial charge in [-0.2, -0.15) is 0 Å². The van der Waals surface area contributed by atoms with Crippen molar-refractivity contribution in [1.82, 2.24) is 5.32 Å². The summed E-state index contributed by atoms with van der Waals surface area (Å²) in [5.41, 5.74) is 0.508. The third kappa shape index (κ3) is 3.97. The lowest BCUT2D eigenvalue weighted by atomic mass is 10.2. The van der Waals surface area contributed by atoms with E-state index in [1.54, 1.807) is 31.2 Å². The molecule has 2 rings (SSSR count). The van der Waals surface area contributed by atoms with Gasteiger partial charge < -0.3 is 5.32 Å². The first-order chi connectivity index (χ1) is 9.89. The van der Waals surface area contributed by atoms with Crippen LogP contribution in [-0.4, -0.2) is 32.7 Å². The van der Waals surface area contributed by atoms with Gasteiger partial charge in [-0.15, -0.1) is 0 Å². The lowest BCUT2D eigenvalue weighted by Crippen LogP contribution is -2.49. The van der Waals surface area contributed by atoms with Gasteiger partial charge in [-0.1, -0.05) is 31.0 Å². The van der Waals surface area contributed by atoms with Crippen molar-refractivity contribution in [3.05, 3.63) is 30.3 Å². The minimum atomic E-state index is -3.52. The van der Waals surface area contributed by atoms with Crippen LogP contribution in [0.4, 0.5) is 5.69 Å². The third-order valence-corrected chi connectivity index (χ3v) is 5.04. The number of sulfonamides is 1. The predicted octanol–water partition coefficient (Wildman–Crippen LogP) is 1.90.